The molecule has 1 fully saturated rings. The Kier molecular flexibility index (Phi) is 4.68. The van der Waals surface area contributed by atoms with E-state index in [1.54, 1.807) is 0 Å². The first-order chi connectivity index (χ1) is 8.10. The zero-order valence-corrected chi connectivity index (χ0v) is 9.60. The first-order valence-corrected chi connectivity index (χ1v) is 5.03. The van der Waals surface area contributed by atoms with E-state index in [0.717, 1.165) is 0 Å². The Bertz CT molecular complexity index is 346. The van der Waals surface area contributed by atoms with Gasteiger partial charge < -0.3 is 14.8 Å². The van der Waals surface area contributed by atoms with Gasteiger partial charge in [0.1, 0.15) is 11.7 Å². The summed E-state index contributed by atoms with van der Waals surface area (Å²) in [5, 5.41) is 2.77. The number of allylic oxidation sites excluding steroid dienone is 2. The topological polar surface area (TPSA) is 64.6 Å². The van der Waals surface area contributed by atoms with Crippen molar-refractivity contribution in [1.82, 2.24) is 5.32 Å². The molecule has 6 heteroatoms. The fraction of sp³-hybridized carbons (Fsp3) is 0.455. The Morgan fingerprint density at radius 3 is 2.24 bits per heavy atom. The predicted octanol–water partition coefficient (Wildman–Crippen LogP) is 0.472. The number of hydrogen-bond acceptors (Lipinski definition) is 5. The average Bonchev–Trinajstić information content (AvgIpc) is 3.03. The summed E-state index contributed by atoms with van der Waals surface area (Å²) in [6, 6.07) is -0.167. The average molecular weight is 243 g/mol. The minimum Gasteiger partial charge on any atom is -0.465 e. The molecule has 1 N–H and O–H groups in total. The molecule has 94 valence electrons. The van der Waals surface area contributed by atoms with Crippen molar-refractivity contribution >= 4 is 11.9 Å². The zero-order chi connectivity index (χ0) is 12.8. The molecule has 2 atom stereocenters. The standard InChI is InChI=1S/C11H14FNO4/c1-16-10(14)7(11(15)17-2)4-3-5-13-9-6-8(9)12/h3-5,8-9,13H,6H2,1-2H3/b5-3+. The number of carbonyl (C=O) groups is 2. The van der Waals surface area contributed by atoms with Crippen LogP contribution in [-0.2, 0) is 19.1 Å². The Morgan fingerprint density at radius 1 is 1.29 bits per heavy atom. The fourth-order valence-electron chi connectivity index (χ4n) is 1.10. The summed E-state index contributed by atoms with van der Waals surface area (Å²) < 4.78 is 21.3. The van der Waals surface area contributed by atoms with Crippen molar-refractivity contribution in [2.75, 3.05) is 14.2 Å². The summed E-state index contributed by atoms with van der Waals surface area (Å²) in [5.41, 5.74) is -0.222. The number of alkyl halides is 1. The van der Waals surface area contributed by atoms with E-state index in [1.807, 2.05) is 0 Å². The van der Waals surface area contributed by atoms with Crippen LogP contribution in [0.4, 0.5) is 4.39 Å². The van der Waals surface area contributed by atoms with E-state index in [4.69, 9.17) is 0 Å². The van der Waals surface area contributed by atoms with E-state index in [1.165, 1.54) is 32.6 Å². The minimum absolute atomic E-state index is 0.167. The summed E-state index contributed by atoms with van der Waals surface area (Å²) in [7, 11) is 2.33. The normalized spacial score (nSPS) is 21.8. The van der Waals surface area contributed by atoms with E-state index >= 15 is 0 Å². The summed E-state index contributed by atoms with van der Waals surface area (Å²) in [6.07, 6.45) is 3.81. The number of hydrogen-bond donors (Lipinski definition) is 1. The lowest BCUT2D eigenvalue weighted by atomic mass is 10.2. The minimum atomic E-state index is -0.815. The van der Waals surface area contributed by atoms with E-state index in [9.17, 15) is 14.0 Å². The Balaban J connectivity index is 2.56. The number of esters is 2. The van der Waals surface area contributed by atoms with Crippen molar-refractivity contribution in [3.05, 3.63) is 23.9 Å². The molecule has 1 rings (SSSR count). The number of methoxy groups -OCH3 is 2. The second-order valence-electron chi connectivity index (χ2n) is 3.45. The van der Waals surface area contributed by atoms with Crippen LogP contribution in [0.15, 0.2) is 23.9 Å². The molecule has 2 unspecified atom stereocenters. The lowest BCUT2D eigenvalue weighted by Gasteiger charge is -2.01. The monoisotopic (exact) mass is 243 g/mol. The van der Waals surface area contributed by atoms with Crippen LogP contribution >= 0.6 is 0 Å². The van der Waals surface area contributed by atoms with Gasteiger partial charge in [-0.15, -0.1) is 0 Å². The van der Waals surface area contributed by atoms with E-state index < -0.39 is 18.1 Å². The van der Waals surface area contributed by atoms with Gasteiger partial charge in [0, 0.05) is 6.42 Å². The number of carbonyl (C=O) groups excluding carboxylic acids is 2. The molecule has 0 saturated heterocycles. The summed E-state index contributed by atoms with van der Waals surface area (Å²) >= 11 is 0. The van der Waals surface area contributed by atoms with Crippen molar-refractivity contribution < 1.29 is 23.5 Å². The molecular formula is C11H14FNO4. The largest absolute Gasteiger partial charge is 0.465 e. The van der Waals surface area contributed by atoms with Crippen LogP contribution < -0.4 is 5.32 Å². The van der Waals surface area contributed by atoms with Gasteiger partial charge >= 0.3 is 11.9 Å². The van der Waals surface area contributed by atoms with Crippen LogP contribution in [-0.4, -0.2) is 38.4 Å². The van der Waals surface area contributed by atoms with Crippen molar-refractivity contribution in [1.29, 1.82) is 0 Å². The third kappa shape index (κ3) is 3.90. The number of halogens is 1. The maximum absolute atomic E-state index is 12.5. The molecule has 0 aromatic carbocycles. The highest BCUT2D eigenvalue weighted by Gasteiger charge is 2.36. The Labute approximate surface area is 98.3 Å². The lowest BCUT2D eigenvalue weighted by molar-refractivity contribution is -0.144. The molecule has 0 amide bonds. The van der Waals surface area contributed by atoms with E-state index in [-0.39, 0.29) is 11.6 Å². The Morgan fingerprint density at radius 2 is 1.82 bits per heavy atom. The highest BCUT2D eigenvalue weighted by molar-refractivity contribution is 6.14. The van der Waals surface area contributed by atoms with Gasteiger partial charge in [0.05, 0.1) is 20.3 Å². The van der Waals surface area contributed by atoms with Crippen LogP contribution in [0.2, 0.25) is 0 Å². The highest BCUT2D eigenvalue weighted by atomic mass is 19.1. The van der Waals surface area contributed by atoms with Crippen molar-refractivity contribution in [2.24, 2.45) is 0 Å². The fourth-order valence-corrected chi connectivity index (χ4v) is 1.10. The first kappa shape index (κ1) is 13.2. The van der Waals surface area contributed by atoms with Crippen LogP contribution in [0.25, 0.3) is 0 Å². The number of rotatable bonds is 5. The molecular weight excluding hydrogens is 229 g/mol. The highest BCUT2D eigenvalue weighted by Crippen LogP contribution is 2.24. The number of nitrogens with one attached hydrogen (secondary N) is 1. The molecule has 0 heterocycles. The van der Waals surface area contributed by atoms with Crippen LogP contribution in [0.3, 0.4) is 0 Å². The molecule has 0 spiro atoms. The molecule has 1 aliphatic rings. The van der Waals surface area contributed by atoms with Gasteiger partial charge in [-0.25, -0.2) is 14.0 Å². The second-order valence-corrected chi connectivity index (χ2v) is 3.45. The number of ether oxygens (including phenoxy) is 2. The maximum Gasteiger partial charge on any atom is 0.345 e. The van der Waals surface area contributed by atoms with Crippen molar-refractivity contribution in [3.63, 3.8) is 0 Å². The Hall–Kier alpha value is -1.85. The molecule has 0 aromatic rings. The van der Waals surface area contributed by atoms with Gasteiger partial charge in [-0.3, -0.25) is 0 Å². The van der Waals surface area contributed by atoms with Gasteiger partial charge in [-0.05, 0) is 18.4 Å². The predicted molar refractivity (Wildman–Crippen MR) is 57.7 cm³/mol. The van der Waals surface area contributed by atoms with Gasteiger partial charge in [0.2, 0.25) is 0 Å². The molecule has 17 heavy (non-hydrogen) atoms. The summed E-state index contributed by atoms with van der Waals surface area (Å²) in [6.45, 7) is 0. The molecule has 0 aliphatic heterocycles. The van der Waals surface area contributed by atoms with Gasteiger partial charge in [0.15, 0.2) is 0 Å². The lowest BCUT2D eigenvalue weighted by Crippen LogP contribution is -2.15. The molecule has 0 aromatic heterocycles. The van der Waals surface area contributed by atoms with Gasteiger partial charge in [-0.2, -0.15) is 0 Å². The summed E-state index contributed by atoms with van der Waals surface area (Å²) in [5.74, 6) is -1.56. The molecule has 1 aliphatic carbocycles. The quantitative estimate of drug-likeness (QED) is 0.250. The van der Waals surface area contributed by atoms with Gasteiger partial charge in [0.25, 0.3) is 0 Å². The van der Waals surface area contributed by atoms with Crippen molar-refractivity contribution in [3.8, 4) is 0 Å². The smallest absolute Gasteiger partial charge is 0.345 e. The van der Waals surface area contributed by atoms with Crippen LogP contribution in [0.5, 0.6) is 0 Å². The molecule has 0 bridgehead atoms. The maximum atomic E-state index is 12.5. The third-order valence-electron chi connectivity index (χ3n) is 2.19. The van der Waals surface area contributed by atoms with E-state index in [0.29, 0.717) is 6.42 Å². The molecule has 5 nitrogen and oxygen atoms in total. The van der Waals surface area contributed by atoms with Crippen LogP contribution in [0, 0.1) is 0 Å². The zero-order valence-electron chi connectivity index (χ0n) is 9.60. The molecule has 0 radical (unpaired) electrons. The van der Waals surface area contributed by atoms with Crippen molar-refractivity contribution in [2.45, 2.75) is 18.6 Å². The van der Waals surface area contributed by atoms with E-state index in [2.05, 4.69) is 14.8 Å². The first-order valence-electron chi connectivity index (χ1n) is 5.03. The molecule has 1 saturated carbocycles. The SMILES string of the molecule is COC(=O)C(=C/C=C/NC1CC1F)C(=O)OC. The van der Waals surface area contributed by atoms with Gasteiger partial charge in [-0.1, -0.05) is 0 Å². The second kappa shape index (κ2) is 6.03. The third-order valence-corrected chi connectivity index (χ3v) is 2.19. The summed E-state index contributed by atoms with van der Waals surface area (Å²) in [4.78, 5) is 22.4. The van der Waals surface area contributed by atoms with Crippen LogP contribution in [0.1, 0.15) is 6.42 Å².